The number of amides is 1. The van der Waals surface area contributed by atoms with Gasteiger partial charge in [-0.2, -0.15) is 4.31 Å². The van der Waals surface area contributed by atoms with Crippen LogP contribution in [0.5, 0.6) is 5.75 Å². The van der Waals surface area contributed by atoms with Crippen LogP contribution in [-0.2, 0) is 25.1 Å². The van der Waals surface area contributed by atoms with Gasteiger partial charge in [0.1, 0.15) is 18.2 Å². The van der Waals surface area contributed by atoms with Crippen molar-refractivity contribution in [1.82, 2.24) is 19.0 Å². The summed E-state index contributed by atoms with van der Waals surface area (Å²) in [5.74, 6) is 0.291. The number of ether oxygens (including phenoxy) is 2. The maximum atomic E-state index is 14.3. The monoisotopic (exact) mass is 604 g/mol. The Morgan fingerprint density at radius 1 is 1.02 bits per heavy atom. The van der Waals surface area contributed by atoms with Crippen LogP contribution >= 0.6 is 0 Å². The molecule has 42 heavy (non-hydrogen) atoms. The lowest BCUT2D eigenvalue weighted by atomic mass is 9.78. The van der Waals surface area contributed by atoms with Crippen molar-refractivity contribution in [1.29, 1.82) is 0 Å². The lowest BCUT2D eigenvalue weighted by molar-refractivity contribution is -0.139. The highest BCUT2D eigenvalue weighted by Gasteiger charge is 2.43. The average Bonchev–Trinajstić information content (AvgIpc) is 2.97. The van der Waals surface area contributed by atoms with Crippen molar-refractivity contribution < 1.29 is 27.1 Å². The zero-order valence-electron chi connectivity index (χ0n) is 25.8. The summed E-state index contributed by atoms with van der Waals surface area (Å²) in [4.78, 5) is 19.9. The Morgan fingerprint density at radius 3 is 2.31 bits per heavy atom. The third-order valence-electron chi connectivity index (χ3n) is 9.06. The summed E-state index contributed by atoms with van der Waals surface area (Å²) in [6, 6.07) is 8.62. The average molecular weight is 605 g/mol. The van der Waals surface area contributed by atoms with E-state index in [2.05, 4.69) is 16.8 Å². The van der Waals surface area contributed by atoms with E-state index in [1.54, 1.807) is 44.1 Å². The third-order valence-corrected chi connectivity index (χ3v) is 11.2. The molecule has 4 rings (SSSR count). The maximum Gasteiger partial charge on any atom is 0.248 e. The highest BCUT2D eigenvalue weighted by atomic mass is 32.2. The second-order valence-corrected chi connectivity index (χ2v) is 13.5. The number of hydrogen-bond acceptors (Lipinski definition) is 7. The first kappa shape index (κ1) is 32.3. The van der Waals surface area contributed by atoms with E-state index in [0.717, 1.165) is 37.3 Å². The SMILES string of the molecule is COc1cc(C)c(S(=O)(=O)N(C)CCOCC(=O)N2CCC(c3cccc(F)c3)(N3CCN(C)CC3)CC2)c(C)c1C. The molecular weight excluding hydrogens is 559 g/mol. The molecule has 0 bridgehead atoms. The Hall–Kier alpha value is -2.57. The molecule has 2 aliphatic heterocycles. The summed E-state index contributed by atoms with van der Waals surface area (Å²) in [5, 5.41) is 0. The van der Waals surface area contributed by atoms with Crippen molar-refractivity contribution in [2.45, 2.75) is 44.0 Å². The van der Waals surface area contributed by atoms with Crippen LogP contribution in [0.15, 0.2) is 35.2 Å². The summed E-state index contributed by atoms with van der Waals surface area (Å²) in [6.07, 6.45) is 1.43. The molecule has 0 N–H and O–H groups in total. The van der Waals surface area contributed by atoms with E-state index < -0.39 is 10.0 Å². The van der Waals surface area contributed by atoms with Gasteiger partial charge >= 0.3 is 0 Å². The molecule has 0 radical (unpaired) electrons. The molecule has 0 saturated carbocycles. The minimum atomic E-state index is -3.76. The lowest BCUT2D eigenvalue weighted by Crippen LogP contribution is -2.59. The van der Waals surface area contributed by atoms with Crippen LogP contribution < -0.4 is 4.74 Å². The van der Waals surface area contributed by atoms with E-state index in [-0.39, 0.29) is 41.9 Å². The van der Waals surface area contributed by atoms with Crippen LogP contribution in [0, 0.1) is 26.6 Å². The van der Waals surface area contributed by atoms with E-state index in [1.165, 1.54) is 17.4 Å². The molecule has 9 nitrogen and oxygen atoms in total. The van der Waals surface area contributed by atoms with Gasteiger partial charge in [0.25, 0.3) is 0 Å². The number of rotatable bonds is 10. The third kappa shape index (κ3) is 6.65. The number of carbonyl (C=O) groups is 1. The van der Waals surface area contributed by atoms with Gasteiger partial charge in [0.05, 0.1) is 18.6 Å². The Morgan fingerprint density at radius 2 is 1.69 bits per heavy atom. The first-order valence-corrected chi connectivity index (χ1v) is 16.0. The predicted octanol–water partition coefficient (Wildman–Crippen LogP) is 3.16. The standard InChI is InChI=1S/C31H45FN4O5S/c1-23-20-28(40-6)24(2)25(3)30(23)42(38,39)34(5)18-19-41-22-29(37)35-12-10-31(11-13-35,26-8-7-9-27(32)21-26)36-16-14-33(4)15-17-36/h7-9,20-21H,10-19,22H2,1-6H3. The van der Waals surface area contributed by atoms with Gasteiger partial charge in [-0.1, -0.05) is 12.1 Å². The fourth-order valence-electron chi connectivity index (χ4n) is 6.28. The molecule has 2 aliphatic rings. The maximum absolute atomic E-state index is 14.3. The van der Waals surface area contributed by atoms with Crippen molar-refractivity contribution >= 4 is 15.9 Å². The van der Waals surface area contributed by atoms with Gasteiger partial charge in [-0.05, 0) is 81.1 Å². The number of piperidine rings is 1. The molecule has 2 saturated heterocycles. The summed E-state index contributed by atoms with van der Waals surface area (Å²) >= 11 is 0. The second-order valence-electron chi connectivity index (χ2n) is 11.6. The van der Waals surface area contributed by atoms with Crippen LogP contribution in [0.25, 0.3) is 0 Å². The highest BCUT2D eigenvalue weighted by molar-refractivity contribution is 7.89. The fourth-order valence-corrected chi connectivity index (χ4v) is 7.91. The smallest absolute Gasteiger partial charge is 0.248 e. The minimum absolute atomic E-state index is 0.0943. The van der Waals surface area contributed by atoms with E-state index in [4.69, 9.17) is 9.47 Å². The zero-order chi connectivity index (χ0) is 30.7. The molecule has 0 aromatic heterocycles. The largest absolute Gasteiger partial charge is 0.496 e. The zero-order valence-corrected chi connectivity index (χ0v) is 26.6. The molecule has 0 atom stereocenters. The Balaban J connectivity index is 1.33. The van der Waals surface area contributed by atoms with Crippen molar-refractivity contribution in [3.63, 3.8) is 0 Å². The number of hydrogen-bond donors (Lipinski definition) is 0. The number of halogens is 1. The highest BCUT2D eigenvalue weighted by Crippen LogP contribution is 2.40. The Labute approximate surface area is 250 Å². The minimum Gasteiger partial charge on any atom is -0.496 e. The van der Waals surface area contributed by atoms with Crippen LogP contribution in [0.2, 0.25) is 0 Å². The number of likely N-dealkylation sites (tertiary alicyclic amines) is 1. The number of methoxy groups -OCH3 is 1. The first-order chi connectivity index (χ1) is 19.9. The fraction of sp³-hybridized carbons (Fsp3) is 0.581. The number of aryl methyl sites for hydroxylation is 1. The summed E-state index contributed by atoms with van der Waals surface area (Å²) in [7, 11) is 1.45. The van der Waals surface area contributed by atoms with Gasteiger partial charge in [-0.25, -0.2) is 12.8 Å². The van der Waals surface area contributed by atoms with Crippen molar-refractivity contribution in [3.05, 3.63) is 58.4 Å². The van der Waals surface area contributed by atoms with E-state index in [9.17, 15) is 17.6 Å². The molecule has 0 spiro atoms. The molecule has 2 aromatic rings. The molecule has 2 aromatic carbocycles. The van der Waals surface area contributed by atoms with E-state index in [1.807, 2.05) is 13.0 Å². The van der Waals surface area contributed by atoms with Crippen LogP contribution in [0.4, 0.5) is 4.39 Å². The van der Waals surface area contributed by atoms with Gasteiger partial charge in [0.15, 0.2) is 0 Å². The normalized spacial score (nSPS) is 18.4. The topological polar surface area (TPSA) is 82.6 Å². The van der Waals surface area contributed by atoms with Crippen LogP contribution in [0.1, 0.15) is 35.1 Å². The van der Waals surface area contributed by atoms with Gasteiger partial charge in [-0.15, -0.1) is 0 Å². The molecular formula is C31H45FN4O5S. The van der Waals surface area contributed by atoms with E-state index >= 15 is 0 Å². The molecule has 232 valence electrons. The number of piperazine rings is 1. The molecule has 0 aliphatic carbocycles. The molecule has 11 heteroatoms. The number of carbonyl (C=O) groups excluding carboxylic acids is 1. The number of likely N-dealkylation sites (N-methyl/N-ethyl adjacent to an activating group) is 2. The number of sulfonamides is 1. The van der Waals surface area contributed by atoms with Crippen molar-refractivity contribution in [3.8, 4) is 5.75 Å². The Bertz CT molecular complexity index is 1370. The molecule has 1 amide bonds. The number of nitrogens with zero attached hydrogens (tertiary/aromatic N) is 4. The summed E-state index contributed by atoms with van der Waals surface area (Å²) in [5.41, 5.74) is 2.72. The second kappa shape index (κ2) is 13.4. The molecule has 0 unspecified atom stereocenters. The van der Waals surface area contributed by atoms with Crippen LogP contribution in [-0.4, -0.2) is 114 Å². The van der Waals surface area contributed by atoms with Gasteiger partial charge in [0.2, 0.25) is 15.9 Å². The lowest BCUT2D eigenvalue weighted by Gasteiger charge is -2.51. The number of benzene rings is 2. The van der Waals surface area contributed by atoms with Crippen LogP contribution in [0.3, 0.4) is 0 Å². The van der Waals surface area contributed by atoms with Crippen molar-refractivity contribution in [2.24, 2.45) is 0 Å². The van der Waals surface area contributed by atoms with Gasteiger partial charge in [0, 0.05) is 58.4 Å². The van der Waals surface area contributed by atoms with Gasteiger partial charge in [-0.3, -0.25) is 9.69 Å². The first-order valence-electron chi connectivity index (χ1n) is 14.6. The molecule has 2 heterocycles. The quantitative estimate of drug-likeness (QED) is 0.386. The summed E-state index contributed by atoms with van der Waals surface area (Å²) < 4.78 is 53.3. The van der Waals surface area contributed by atoms with E-state index in [0.29, 0.717) is 42.8 Å². The van der Waals surface area contributed by atoms with Gasteiger partial charge < -0.3 is 19.3 Å². The Kier molecular flexibility index (Phi) is 10.3. The predicted molar refractivity (Wildman–Crippen MR) is 161 cm³/mol. The van der Waals surface area contributed by atoms with Crippen molar-refractivity contribution in [2.75, 3.05) is 80.2 Å². The summed E-state index contributed by atoms with van der Waals surface area (Å²) in [6.45, 7) is 10.3. The molecule has 2 fully saturated rings.